The highest BCUT2D eigenvalue weighted by Crippen LogP contribution is 2.31. The maximum atomic E-state index is 12.7. The average molecular weight is 394 g/mol. The van der Waals surface area contributed by atoms with E-state index in [-0.39, 0.29) is 0 Å². The Bertz CT molecular complexity index is 1020. The second-order valence-corrected chi connectivity index (χ2v) is 6.84. The summed E-state index contributed by atoms with van der Waals surface area (Å²) >= 11 is 4.64. The third kappa shape index (κ3) is 2.64. The number of nitrogens with one attached hydrogen (secondary N) is 1. The summed E-state index contributed by atoms with van der Waals surface area (Å²) in [6.07, 6.45) is 0. The molecule has 6 nitrogen and oxygen atoms in total. The number of carbonyl (C=O) groups excluding carboxylic acids is 1. The van der Waals surface area contributed by atoms with Crippen molar-refractivity contribution in [3.8, 4) is 11.1 Å². The molecule has 0 spiro atoms. The molecule has 1 atom stereocenters. The second kappa shape index (κ2) is 5.78. The standard InChI is InChI=1S/C15H12BrN3O3S/c1-7(12(17)20)19-14(21)11-10(6-23-13(11)18-15(19)22)8-2-4-9(16)5-3-8/h2-7H,1H3,(H2,17,20)(H,18,22). The van der Waals surface area contributed by atoms with Crippen LogP contribution in [0.25, 0.3) is 21.3 Å². The number of amides is 1. The number of H-pyrrole nitrogens is 1. The highest BCUT2D eigenvalue weighted by molar-refractivity contribution is 9.10. The van der Waals surface area contributed by atoms with E-state index in [1.165, 1.54) is 18.3 Å². The monoisotopic (exact) mass is 393 g/mol. The molecule has 1 unspecified atom stereocenters. The third-order valence-corrected chi connectivity index (χ3v) is 5.04. The molecule has 23 heavy (non-hydrogen) atoms. The van der Waals surface area contributed by atoms with E-state index < -0.39 is 23.2 Å². The fourth-order valence-corrected chi connectivity index (χ4v) is 3.57. The van der Waals surface area contributed by atoms with Gasteiger partial charge >= 0.3 is 5.69 Å². The van der Waals surface area contributed by atoms with Gasteiger partial charge in [0, 0.05) is 15.4 Å². The van der Waals surface area contributed by atoms with Gasteiger partial charge in [-0.2, -0.15) is 0 Å². The van der Waals surface area contributed by atoms with Gasteiger partial charge in [0.2, 0.25) is 5.91 Å². The number of hydrogen-bond acceptors (Lipinski definition) is 4. The molecule has 0 aliphatic heterocycles. The first-order valence-corrected chi connectivity index (χ1v) is 8.38. The Labute approximate surface area is 142 Å². The Morgan fingerprint density at radius 3 is 2.57 bits per heavy atom. The number of primary amides is 1. The number of aromatic nitrogens is 2. The predicted octanol–water partition coefficient (Wildman–Crippen LogP) is 2.23. The van der Waals surface area contributed by atoms with Crippen LogP contribution in [0.2, 0.25) is 0 Å². The summed E-state index contributed by atoms with van der Waals surface area (Å²) in [4.78, 5) is 39.3. The van der Waals surface area contributed by atoms with E-state index in [1.807, 2.05) is 29.6 Å². The molecule has 1 aromatic carbocycles. The Balaban J connectivity index is 2.33. The van der Waals surface area contributed by atoms with Gasteiger partial charge in [-0.15, -0.1) is 11.3 Å². The van der Waals surface area contributed by atoms with Gasteiger partial charge in [0.25, 0.3) is 5.56 Å². The molecule has 3 N–H and O–H groups in total. The van der Waals surface area contributed by atoms with E-state index >= 15 is 0 Å². The lowest BCUT2D eigenvalue weighted by Crippen LogP contribution is -2.41. The minimum Gasteiger partial charge on any atom is -0.368 e. The van der Waals surface area contributed by atoms with Crippen LogP contribution >= 0.6 is 27.3 Å². The van der Waals surface area contributed by atoms with Gasteiger partial charge in [0.05, 0.1) is 5.39 Å². The molecule has 0 saturated carbocycles. The molecule has 2 heterocycles. The van der Waals surface area contributed by atoms with Crippen LogP contribution in [-0.4, -0.2) is 15.5 Å². The summed E-state index contributed by atoms with van der Waals surface area (Å²) < 4.78 is 1.79. The van der Waals surface area contributed by atoms with Crippen LogP contribution in [0.5, 0.6) is 0 Å². The molecule has 0 aliphatic rings. The lowest BCUT2D eigenvalue weighted by Gasteiger charge is -2.10. The van der Waals surface area contributed by atoms with Crippen molar-refractivity contribution in [2.75, 3.05) is 0 Å². The van der Waals surface area contributed by atoms with Gasteiger partial charge in [-0.25, -0.2) is 9.36 Å². The quantitative estimate of drug-likeness (QED) is 0.713. The van der Waals surface area contributed by atoms with Crippen LogP contribution in [0.3, 0.4) is 0 Å². The number of thiophene rings is 1. The Kier molecular flexibility index (Phi) is 3.95. The number of hydrogen-bond donors (Lipinski definition) is 2. The van der Waals surface area contributed by atoms with Crippen molar-refractivity contribution in [1.29, 1.82) is 0 Å². The molecular weight excluding hydrogens is 382 g/mol. The summed E-state index contributed by atoms with van der Waals surface area (Å²) in [5, 5.41) is 2.19. The summed E-state index contributed by atoms with van der Waals surface area (Å²) in [7, 11) is 0. The average Bonchev–Trinajstić information content (AvgIpc) is 2.91. The van der Waals surface area contributed by atoms with Gasteiger partial charge < -0.3 is 5.73 Å². The van der Waals surface area contributed by atoms with Crippen molar-refractivity contribution < 1.29 is 4.79 Å². The SMILES string of the molecule is CC(C(N)=O)n1c(=O)[nH]c2scc(-c3ccc(Br)cc3)c2c1=O. The molecule has 3 rings (SSSR count). The van der Waals surface area contributed by atoms with E-state index in [0.29, 0.717) is 15.8 Å². The summed E-state index contributed by atoms with van der Waals surface area (Å²) in [5.74, 6) is -0.739. The molecular formula is C15H12BrN3O3S. The van der Waals surface area contributed by atoms with Crippen LogP contribution in [0.1, 0.15) is 13.0 Å². The lowest BCUT2D eigenvalue weighted by molar-refractivity contribution is -0.120. The molecule has 3 aromatic rings. The number of aromatic amines is 1. The predicted molar refractivity (Wildman–Crippen MR) is 93.7 cm³/mol. The van der Waals surface area contributed by atoms with Crippen molar-refractivity contribution in [3.05, 3.63) is 55.0 Å². The van der Waals surface area contributed by atoms with Crippen molar-refractivity contribution in [1.82, 2.24) is 9.55 Å². The van der Waals surface area contributed by atoms with Crippen LogP contribution in [-0.2, 0) is 4.79 Å². The molecule has 2 aromatic heterocycles. The molecule has 8 heteroatoms. The highest BCUT2D eigenvalue weighted by atomic mass is 79.9. The van der Waals surface area contributed by atoms with Crippen LogP contribution < -0.4 is 17.0 Å². The third-order valence-electron chi connectivity index (χ3n) is 3.62. The maximum absolute atomic E-state index is 12.7. The zero-order valence-corrected chi connectivity index (χ0v) is 14.4. The zero-order chi connectivity index (χ0) is 16.7. The van der Waals surface area contributed by atoms with Crippen LogP contribution in [0.15, 0.2) is 43.7 Å². The van der Waals surface area contributed by atoms with Crippen molar-refractivity contribution in [2.45, 2.75) is 13.0 Å². The summed E-state index contributed by atoms with van der Waals surface area (Å²) in [5.41, 5.74) is 5.64. The summed E-state index contributed by atoms with van der Waals surface area (Å²) in [6, 6.07) is 6.47. The fourth-order valence-electron chi connectivity index (χ4n) is 2.35. The van der Waals surface area contributed by atoms with Gasteiger partial charge in [0.1, 0.15) is 10.9 Å². The van der Waals surface area contributed by atoms with E-state index in [2.05, 4.69) is 20.9 Å². The topological polar surface area (TPSA) is 97.9 Å². The maximum Gasteiger partial charge on any atom is 0.330 e. The molecule has 0 bridgehead atoms. The fraction of sp³-hybridized carbons (Fsp3) is 0.133. The Morgan fingerprint density at radius 1 is 1.30 bits per heavy atom. The van der Waals surface area contributed by atoms with Gasteiger partial charge in [-0.3, -0.25) is 14.6 Å². The van der Waals surface area contributed by atoms with E-state index in [9.17, 15) is 14.4 Å². The Hall–Kier alpha value is -2.19. The van der Waals surface area contributed by atoms with Crippen LogP contribution in [0, 0.1) is 0 Å². The van der Waals surface area contributed by atoms with E-state index in [1.54, 1.807) is 0 Å². The first kappa shape index (κ1) is 15.7. The number of carbonyl (C=O) groups is 1. The molecule has 0 fully saturated rings. The van der Waals surface area contributed by atoms with Crippen molar-refractivity contribution in [3.63, 3.8) is 0 Å². The zero-order valence-electron chi connectivity index (χ0n) is 12.0. The number of benzene rings is 1. The lowest BCUT2D eigenvalue weighted by atomic mass is 10.1. The largest absolute Gasteiger partial charge is 0.368 e. The summed E-state index contributed by atoms with van der Waals surface area (Å²) in [6.45, 7) is 1.43. The number of nitrogens with two attached hydrogens (primary N) is 1. The molecule has 118 valence electrons. The molecule has 1 amide bonds. The number of halogens is 1. The first-order valence-electron chi connectivity index (χ1n) is 6.71. The minimum absolute atomic E-state index is 0.380. The van der Waals surface area contributed by atoms with Crippen molar-refractivity contribution >= 4 is 43.4 Å². The number of fused-ring (bicyclic) bond motifs is 1. The minimum atomic E-state index is -1.02. The number of nitrogens with zero attached hydrogens (tertiary/aromatic N) is 1. The number of rotatable bonds is 3. The smallest absolute Gasteiger partial charge is 0.330 e. The van der Waals surface area contributed by atoms with Gasteiger partial charge in [-0.1, -0.05) is 28.1 Å². The molecule has 0 radical (unpaired) electrons. The first-order chi connectivity index (χ1) is 10.9. The van der Waals surface area contributed by atoms with Gasteiger partial charge in [0.15, 0.2) is 0 Å². The Morgan fingerprint density at radius 2 is 1.96 bits per heavy atom. The molecule has 0 saturated heterocycles. The van der Waals surface area contributed by atoms with Gasteiger partial charge in [-0.05, 0) is 24.6 Å². The second-order valence-electron chi connectivity index (χ2n) is 5.04. The van der Waals surface area contributed by atoms with Crippen LogP contribution in [0.4, 0.5) is 0 Å². The van der Waals surface area contributed by atoms with E-state index in [4.69, 9.17) is 5.73 Å². The van der Waals surface area contributed by atoms with Crippen molar-refractivity contribution in [2.24, 2.45) is 5.73 Å². The van der Waals surface area contributed by atoms with E-state index in [0.717, 1.165) is 14.6 Å². The normalized spacial score (nSPS) is 12.4. The highest BCUT2D eigenvalue weighted by Gasteiger charge is 2.20. The molecule has 0 aliphatic carbocycles.